The molecule has 11 nitrogen and oxygen atoms in total. The highest BCUT2D eigenvalue weighted by atomic mass is 32.2. The van der Waals surface area contributed by atoms with Crippen LogP contribution in [0.1, 0.15) is 23.2 Å². The standard InChI is InChI=1S/C25H27FN6O5S/c26-20-8-7-17(15-22(20)32-13-9-18(10-14-32)30-25-27-11-4-12-28-25)23(33)29-16-21(24(34)35)31-38(36,37)19-5-2-1-3-6-19/h1-8,11-12,15,18,21,31H,9-10,13-14,16H2,(H,29,33)(H,34,35)(H,27,28,30)/t21-/m0/s1. The molecule has 0 spiro atoms. The van der Waals surface area contributed by atoms with E-state index in [0.29, 0.717) is 31.9 Å². The zero-order valence-electron chi connectivity index (χ0n) is 20.2. The SMILES string of the molecule is O=C(NC[C@H](NS(=O)(=O)c1ccccc1)C(=O)O)c1ccc(F)c(N2CCC(Nc3ncccn3)CC2)c1. The van der Waals surface area contributed by atoms with Crippen molar-refractivity contribution in [2.75, 3.05) is 29.9 Å². The number of amides is 1. The first kappa shape index (κ1) is 26.9. The summed E-state index contributed by atoms with van der Waals surface area (Å²) < 4.78 is 41.7. The van der Waals surface area contributed by atoms with Crippen molar-refractivity contribution in [1.29, 1.82) is 0 Å². The molecule has 3 aromatic rings. The zero-order valence-corrected chi connectivity index (χ0v) is 21.1. The first-order valence-corrected chi connectivity index (χ1v) is 13.4. The lowest BCUT2D eigenvalue weighted by molar-refractivity contribution is -0.138. The van der Waals surface area contributed by atoms with Crippen molar-refractivity contribution >= 4 is 33.5 Å². The molecule has 0 radical (unpaired) electrons. The summed E-state index contributed by atoms with van der Waals surface area (Å²) in [5.74, 6) is -2.07. The van der Waals surface area contributed by atoms with Gasteiger partial charge in [0.2, 0.25) is 16.0 Å². The van der Waals surface area contributed by atoms with Crippen molar-refractivity contribution in [3.05, 3.63) is 78.4 Å². The van der Waals surface area contributed by atoms with Crippen LogP contribution in [0.25, 0.3) is 0 Å². The molecule has 1 saturated heterocycles. The van der Waals surface area contributed by atoms with Crippen molar-refractivity contribution in [3.8, 4) is 0 Å². The number of nitrogens with zero attached hydrogens (tertiary/aromatic N) is 3. The van der Waals surface area contributed by atoms with Gasteiger partial charge < -0.3 is 20.6 Å². The summed E-state index contributed by atoms with van der Waals surface area (Å²) in [4.78, 5) is 34.5. The average Bonchev–Trinajstić information content (AvgIpc) is 2.92. The fraction of sp³-hybridized carbons (Fsp3) is 0.280. The Labute approximate surface area is 219 Å². The maximum absolute atomic E-state index is 14.7. The fourth-order valence-corrected chi connectivity index (χ4v) is 5.26. The lowest BCUT2D eigenvalue weighted by Crippen LogP contribution is -2.48. The van der Waals surface area contributed by atoms with E-state index in [1.807, 2.05) is 4.90 Å². The van der Waals surface area contributed by atoms with E-state index in [2.05, 4.69) is 25.3 Å². The highest BCUT2D eigenvalue weighted by Gasteiger charge is 2.27. The van der Waals surface area contributed by atoms with E-state index in [4.69, 9.17) is 0 Å². The topological polar surface area (TPSA) is 154 Å². The molecule has 1 fully saturated rings. The first-order chi connectivity index (χ1) is 18.2. The Kier molecular flexibility index (Phi) is 8.48. The molecule has 2 heterocycles. The Bertz CT molecular complexity index is 1370. The molecule has 0 saturated carbocycles. The van der Waals surface area contributed by atoms with Gasteiger partial charge in [-0.1, -0.05) is 18.2 Å². The van der Waals surface area contributed by atoms with Gasteiger partial charge in [-0.05, 0) is 49.2 Å². The Hall–Kier alpha value is -4.10. The quantitative estimate of drug-likeness (QED) is 0.301. The molecule has 13 heteroatoms. The van der Waals surface area contributed by atoms with Crippen LogP contribution < -0.4 is 20.3 Å². The average molecular weight is 543 g/mol. The number of hydrogen-bond donors (Lipinski definition) is 4. The molecule has 38 heavy (non-hydrogen) atoms. The van der Waals surface area contributed by atoms with Crippen molar-refractivity contribution < 1.29 is 27.5 Å². The third-order valence-electron chi connectivity index (χ3n) is 6.06. The number of sulfonamides is 1. The molecule has 0 unspecified atom stereocenters. The third kappa shape index (κ3) is 6.81. The predicted octanol–water partition coefficient (Wildman–Crippen LogP) is 1.86. The number of carboxylic acid groups (broad SMARTS) is 1. The first-order valence-electron chi connectivity index (χ1n) is 11.9. The molecule has 1 aromatic heterocycles. The van der Waals surface area contributed by atoms with Gasteiger partial charge in [-0.3, -0.25) is 9.59 Å². The summed E-state index contributed by atoms with van der Waals surface area (Å²) in [7, 11) is -4.12. The molecule has 4 rings (SSSR count). The van der Waals surface area contributed by atoms with Crippen LogP contribution in [-0.2, 0) is 14.8 Å². The minimum absolute atomic E-state index is 0.101. The van der Waals surface area contributed by atoms with Gasteiger partial charge >= 0.3 is 5.97 Å². The molecule has 1 aliphatic rings. The number of carbonyl (C=O) groups excluding carboxylic acids is 1. The third-order valence-corrected chi connectivity index (χ3v) is 7.55. The molecule has 1 amide bonds. The van der Waals surface area contributed by atoms with Crippen LogP contribution in [0.4, 0.5) is 16.0 Å². The molecular formula is C25H27FN6O5S. The van der Waals surface area contributed by atoms with E-state index < -0.39 is 40.3 Å². The summed E-state index contributed by atoms with van der Waals surface area (Å²) in [6.45, 7) is 0.565. The fourth-order valence-electron chi connectivity index (χ4n) is 4.05. The van der Waals surface area contributed by atoms with Gasteiger partial charge in [0, 0.05) is 43.6 Å². The van der Waals surface area contributed by atoms with Crippen molar-refractivity contribution in [2.24, 2.45) is 0 Å². The smallest absolute Gasteiger partial charge is 0.323 e. The number of aromatic nitrogens is 2. The van der Waals surface area contributed by atoms with E-state index >= 15 is 0 Å². The number of nitrogens with one attached hydrogen (secondary N) is 3. The number of piperidine rings is 1. The number of carboxylic acids is 1. The number of hydrogen-bond acceptors (Lipinski definition) is 8. The van der Waals surface area contributed by atoms with Crippen LogP contribution in [0.2, 0.25) is 0 Å². The lowest BCUT2D eigenvalue weighted by Gasteiger charge is -2.34. The summed E-state index contributed by atoms with van der Waals surface area (Å²) in [6.07, 6.45) is 4.70. The molecular weight excluding hydrogens is 515 g/mol. The minimum atomic E-state index is -4.12. The molecule has 200 valence electrons. The zero-order chi connectivity index (χ0) is 27.1. The molecule has 0 aliphatic carbocycles. The van der Waals surface area contributed by atoms with E-state index in [-0.39, 0.29) is 22.2 Å². The Morgan fingerprint density at radius 1 is 1.05 bits per heavy atom. The second-order valence-electron chi connectivity index (χ2n) is 8.68. The second-order valence-corrected chi connectivity index (χ2v) is 10.4. The summed E-state index contributed by atoms with van der Waals surface area (Å²) in [6, 6.07) is 11.4. The molecule has 4 N–H and O–H groups in total. The summed E-state index contributed by atoms with van der Waals surface area (Å²) in [5.41, 5.74) is 0.376. The number of benzene rings is 2. The van der Waals surface area contributed by atoms with Crippen LogP contribution in [0.5, 0.6) is 0 Å². The number of halogens is 1. The highest BCUT2D eigenvalue weighted by molar-refractivity contribution is 7.89. The van der Waals surface area contributed by atoms with Crippen molar-refractivity contribution in [1.82, 2.24) is 20.0 Å². The van der Waals surface area contributed by atoms with E-state index in [1.54, 1.807) is 24.5 Å². The minimum Gasteiger partial charge on any atom is -0.480 e. The van der Waals surface area contributed by atoms with Gasteiger partial charge in [0.25, 0.3) is 5.91 Å². The van der Waals surface area contributed by atoms with Gasteiger partial charge in [0.15, 0.2) is 0 Å². The van der Waals surface area contributed by atoms with Crippen molar-refractivity contribution in [2.45, 2.75) is 29.8 Å². The second kappa shape index (κ2) is 12.0. The Balaban J connectivity index is 1.37. The molecule has 1 aliphatic heterocycles. The Morgan fingerprint density at radius 3 is 2.39 bits per heavy atom. The summed E-state index contributed by atoms with van der Waals surface area (Å²) >= 11 is 0. The van der Waals surface area contributed by atoms with E-state index in [1.165, 1.54) is 42.5 Å². The van der Waals surface area contributed by atoms with Gasteiger partial charge in [0.05, 0.1) is 10.6 Å². The van der Waals surface area contributed by atoms with Crippen LogP contribution in [0, 0.1) is 5.82 Å². The maximum atomic E-state index is 14.7. The molecule has 0 bridgehead atoms. The monoisotopic (exact) mass is 542 g/mol. The van der Waals surface area contributed by atoms with Crippen LogP contribution in [0.3, 0.4) is 0 Å². The number of rotatable bonds is 10. The highest BCUT2D eigenvalue weighted by Crippen LogP contribution is 2.25. The molecule has 1 atom stereocenters. The summed E-state index contributed by atoms with van der Waals surface area (Å²) in [5, 5.41) is 15.2. The largest absolute Gasteiger partial charge is 0.480 e. The number of carbonyl (C=O) groups is 2. The van der Waals surface area contributed by atoms with E-state index in [9.17, 15) is 27.5 Å². The predicted molar refractivity (Wildman–Crippen MR) is 138 cm³/mol. The van der Waals surface area contributed by atoms with Crippen LogP contribution in [0.15, 0.2) is 71.9 Å². The maximum Gasteiger partial charge on any atom is 0.323 e. The normalized spacial score (nSPS) is 15.0. The number of anilines is 2. The van der Waals surface area contributed by atoms with Gasteiger partial charge in [-0.2, -0.15) is 4.72 Å². The van der Waals surface area contributed by atoms with Crippen molar-refractivity contribution in [3.63, 3.8) is 0 Å². The number of aliphatic carboxylic acids is 1. The van der Waals surface area contributed by atoms with Crippen LogP contribution >= 0.6 is 0 Å². The van der Waals surface area contributed by atoms with Crippen LogP contribution in [-0.4, -0.2) is 67.1 Å². The van der Waals surface area contributed by atoms with Gasteiger partial charge in [-0.25, -0.2) is 22.8 Å². The van der Waals surface area contributed by atoms with E-state index in [0.717, 1.165) is 0 Å². The Morgan fingerprint density at radius 2 is 1.74 bits per heavy atom. The lowest BCUT2D eigenvalue weighted by atomic mass is 10.0. The van der Waals surface area contributed by atoms with Gasteiger partial charge in [-0.15, -0.1) is 0 Å². The molecule has 2 aromatic carbocycles. The van der Waals surface area contributed by atoms with Gasteiger partial charge in [0.1, 0.15) is 11.9 Å².